The second kappa shape index (κ2) is 6.92. The number of carbonyl (C=O) groups is 1. The van der Waals surface area contributed by atoms with E-state index in [0.717, 1.165) is 11.1 Å². The van der Waals surface area contributed by atoms with Gasteiger partial charge >= 0.3 is 0 Å². The smallest absolute Gasteiger partial charge is 0.224 e. The van der Waals surface area contributed by atoms with Gasteiger partial charge in [-0.1, -0.05) is 30.3 Å². The number of aromatic nitrogens is 1. The molecule has 1 amide bonds. The van der Waals surface area contributed by atoms with Crippen molar-refractivity contribution in [2.45, 2.75) is 12.8 Å². The van der Waals surface area contributed by atoms with E-state index in [1.165, 1.54) is 6.07 Å². The maximum absolute atomic E-state index is 14.1. The highest BCUT2D eigenvalue weighted by Gasteiger charge is 2.08. The Kier molecular flexibility index (Phi) is 4.52. The number of carbonyl (C=O) groups excluding carboxylic acids is 1. The first-order valence-corrected chi connectivity index (χ1v) is 7.49. The van der Waals surface area contributed by atoms with Crippen LogP contribution >= 0.6 is 0 Å². The number of rotatable bonds is 5. The van der Waals surface area contributed by atoms with Gasteiger partial charge in [0.2, 0.25) is 5.91 Å². The summed E-state index contributed by atoms with van der Waals surface area (Å²) in [6.45, 7) is 0. The van der Waals surface area contributed by atoms with Gasteiger partial charge in [-0.2, -0.15) is 0 Å². The zero-order valence-corrected chi connectivity index (χ0v) is 12.6. The number of amides is 1. The normalized spacial score (nSPS) is 10.5. The molecule has 3 rings (SSSR count). The minimum atomic E-state index is -0.356. The molecule has 2 aromatic carbocycles. The number of benzene rings is 2. The minimum Gasteiger partial charge on any atom is -0.367 e. The molecule has 2 N–H and O–H groups in total. The van der Waals surface area contributed by atoms with Crippen molar-refractivity contribution in [1.29, 1.82) is 0 Å². The third-order valence-corrected chi connectivity index (χ3v) is 3.65. The van der Waals surface area contributed by atoms with Gasteiger partial charge in [-0.15, -0.1) is 0 Å². The number of aromatic amines is 1. The Hall–Kier alpha value is -2.88. The van der Waals surface area contributed by atoms with E-state index in [9.17, 15) is 9.18 Å². The molecule has 3 aromatic rings. The van der Waals surface area contributed by atoms with E-state index >= 15 is 0 Å². The number of hydrogen-bond donors (Lipinski definition) is 2. The number of H-pyrrole nitrogens is 1. The van der Waals surface area contributed by atoms with Crippen molar-refractivity contribution < 1.29 is 9.18 Å². The van der Waals surface area contributed by atoms with Crippen LogP contribution in [0.25, 0.3) is 11.1 Å². The number of hydrogen-bond acceptors (Lipinski definition) is 1. The second-order valence-corrected chi connectivity index (χ2v) is 5.33. The summed E-state index contributed by atoms with van der Waals surface area (Å²) in [6.07, 6.45) is 4.51. The highest BCUT2D eigenvalue weighted by atomic mass is 19.1. The van der Waals surface area contributed by atoms with Gasteiger partial charge in [0.05, 0.1) is 0 Å². The second-order valence-electron chi connectivity index (χ2n) is 5.33. The number of halogens is 1. The van der Waals surface area contributed by atoms with Crippen molar-refractivity contribution in [2.24, 2.45) is 0 Å². The highest BCUT2D eigenvalue weighted by molar-refractivity contribution is 5.91. The maximum Gasteiger partial charge on any atom is 0.224 e. The van der Waals surface area contributed by atoms with Crippen LogP contribution in [0.5, 0.6) is 0 Å². The first kappa shape index (κ1) is 15.0. The molecule has 116 valence electrons. The molecule has 0 aliphatic rings. The average molecular weight is 308 g/mol. The Balaban J connectivity index is 1.62. The van der Waals surface area contributed by atoms with Crippen LogP contribution in [0.15, 0.2) is 67.0 Å². The lowest BCUT2D eigenvalue weighted by atomic mass is 10.1. The molecular weight excluding hydrogens is 291 g/mol. The molecule has 0 fully saturated rings. The van der Waals surface area contributed by atoms with E-state index < -0.39 is 0 Å². The van der Waals surface area contributed by atoms with Gasteiger partial charge in [0.25, 0.3) is 0 Å². The molecule has 0 saturated heterocycles. The minimum absolute atomic E-state index is 0.123. The van der Waals surface area contributed by atoms with Crippen molar-refractivity contribution in [3.8, 4) is 11.1 Å². The van der Waals surface area contributed by atoms with Crippen molar-refractivity contribution in [1.82, 2.24) is 4.98 Å². The fourth-order valence-electron chi connectivity index (χ4n) is 2.44. The van der Waals surface area contributed by atoms with Crippen LogP contribution < -0.4 is 5.32 Å². The lowest BCUT2D eigenvalue weighted by molar-refractivity contribution is -0.116. The summed E-state index contributed by atoms with van der Waals surface area (Å²) < 4.78 is 14.1. The molecule has 0 saturated carbocycles. The average Bonchev–Trinajstić information content (AvgIpc) is 3.08. The molecule has 1 aromatic heterocycles. The van der Waals surface area contributed by atoms with Crippen LogP contribution in [0.1, 0.15) is 12.0 Å². The van der Waals surface area contributed by atoms with Gasteiger partial charge in [-0.3, -0.25) is 4.79 Å². The lowest BCUT2D eigenvalue weighted by Crippen LogP contribution is -2.12. The molecule has 0 atom stereocenters. The van der Waals surface area contributed by atoms with E-state index in [1.807, 2.05) is 30.3 Å². The van der Waals surface area contributed by atoms with Crippen molar-refractivity contribution in [3.63, 3.8) is 0 Å². The third-order valence-electron chi connectivity index (χ3n) is 3.65. The van der Waals surface area contributed by atoms with E-state index in [4.69, 9.17) is 0 Å². The fourth-order valence-corrected chi connectivity index (χ4v) is 2.44. The number of anilines is 1. The van der Waals surface area contributed by atoms with Crippen LogP contribution in [-0.4, -0.2) is 10.9 Å². The summed E-state index contributed by atoms with van der Waals surface area (Å²) in [5.74, 6) is -0.479. The van der Waals surface area contributed by atoms with Crippen molar-refractivity contribution in [2.75, 3.05) is 5.32 Å². The van der Waals surface area contributed by atoms with E-state index in [2.05, 4.69) is 10.3 Å². The van der Waals surface area contributed by atoms with Gasteiger partial charge in [0, 0.05) is 35.6 Å². The molecule has 3 nitrogen and oxygen atoms in total. The van der Waals surface area contributed by atoms with Crippen LogP contribution in [0.4, 0.5) is 10.1 Å². The first-order chi connectivity index (χ1) is 11.2. The quantitative estimate of drug-likeness (QED) is 0.721. The zero-order valence-electron chi connectivity index (χ0n) is 12.6. The first-order valence-electron chi connectivity index (χ1n) is 7.49. The van der Waals surface area contributed by atoms with Crippen LogP contribution in [-0.2, 0) is 11.2 Å². The van der Waals surface area contributed by atoms with E-state index in [0.29, 0.717) is 24.1 Å². The van der Waals surface area contributed by atoms with Crippen LogP contribution in [0, 0.1) is 5.82 Å². The molecule has 0 unspecified atom stereocenters. The summed E-state index contributed by atoms with van der Waals surface area (Å²) in [6, 6.07) is 16.3. The topological polar surface area (TPSA) is 44.9 Å². The SMILES string of the molecule is O=C(CCc1ccccc1)Nc1ccc(-c2cc[nH]c2)c(F)c1. The molecule has 0 radical (unpaired) electrons. The molecule has 1 heterocycles. The fraction of sp³-hybridized carbons (Fsp3) is 0.105. The largest absolute Gasteiger partial charge is 0.367 e. The van der Waals surface area contributed by atoms with E-state index in [1.54, 1.807) is 30.6 Å². The predicted octanol–water partition coefficient (Wildman–Crippen LogP) is 4.39. The molecule has 0 bridgehead atoms. The van der Waals surface area contributed by atoms with Gasteiger partial charge in [-0.05, 0) is 36.2 Å². The molecule has 0 spiro atoms. The molecular formula is C19H17FN2O. The molecule has 0 aliphatic carbocycles. The summed E-state index contributed by atoms with van der Waals surface area (Å²) in [5.41, 5.74) is 2.87. The Morgan fingerprint density at radius 2 is 1.91 bits per heavy atom. The number of nitrogens with one attached hydrogen (secondary N) is 2. The van der Waals surface area contributed by atoms with Gasteiger partial charge < -0.3 is 10.3 Å². The Morgan fingerprint density at radius 1 is 1.09 bits per heavy atom. The summed E-state index contributed by atoms with van der Waals surface area (Å²) >= 11 is 0. The molecule has 23 heavy (non-hydrogen) atoms. The van der Waals surface area contributed by atoms with E-state index in [-0.39, 0.29) is 11.7 Å². The third kappa shape index (κ3) is 3.86. The Bertz CT molecular complexity index is 782. The van der Waals surface area contributed by atoms with Crippen LogP contribution in [0.3, 0.4) is 0 Å². The molecule has 0 aliphatic heterocycles. The summed E-state index contributed by atoms with van der Waals surface area (Å²) in [7, 11) is 0. The van der Waals surface area contributed by atoms with Crippen molar-refractivity contribution in [3.05, 3.63) is 78.4 Å². The maximum atomic E-state index is 14.1. The Labute approximate surface area is 134 Å². The molecule has 4 heteroatoms. The highest BCUT2D eigenvalue weighted by Crippen LogP contribution is 2.25. The van der Waals surface area contributed by atoms with Gasteiger partial charge in [0.1, 0.15) is 5.82 Å². The zero-order chi connectivity index (χ0) is 16.1. The van der Waals surface area contributed by atoms with Gasteiger partial charge in [-0.25, -0.2) is 4.39 Å². The Morgan fingerprint density at radius 3 is 2.61 bits per heavy atom. The van der Waals surface area contributed by atoms with Gasteiger partial charge in [0.15, 0.2) is 0 Å². The standard InChI is InChI=1S/C19H17FN2O/c20-18-12-16(7-8-17(18)15-10-11-21-13-15)22-19(23)9-6-14-4-2-1-3-5-14/h1-5,7-8,10-13,21H,6,9H2,(H,22,23). The number of aryl methyl sites for hydroxylation is 1. The lowest BCUT2D eigenvalue weighted by Gasteiger charge is -2.07. The van der Waals surface area contributed by atoms with Crippen molar-refractivity contribution >= 4 is 11.6 Å². The monoisotopic (exact) mass is 308 g/mol. The predicted molar refractivity (Wildman–Crippen MR) is 89.6 cm³/mol. The summed E-state index contributed by atoms with van der Waals surface area (Å²) in [5, 5.41) is 2.74. The van der Waals surface area contributed by atoms with Crippen LogP contribution in [0.2, 0.25) is 0 Å². The summed E-state index contributed by atoms with van der Waals surface area (Å²) in [4.78, 5) is 14.9.